The zero-order valence-corrected chi connectivity index (χ0v) is 11.2. The van der Waals surface area contributed by atoms with E-state index in [1.165, 1.54) is 11.1 Å². The predicted octanol–water partition coefficient (Wildman–Crippen LogP) is 2.10. The molecule has 0 spiro atoms. The van der Waals surface area contributed by atoms with Crippen LogP contribution in [0.1, 0.15) is 24.0 Å². The predicted molar refractivity (Wildman–Crippen MR) is 75.2 cm³/mol. The second-order valence-electron chi connectivity index (χ2n) is 4.59. The van der Waals surface area contributed by atoms with E-state index in [0.29, 0.717) is 25.4 Å². The number of carbonyl (C=O) groups excluding carboxylic acids is 1. The van der Waals surface area contributed by atoms with Crippen LogP contribution in [0.4, 0.5) is 5.69 Å². The average Bonchev–Trinajstić information content (AvgIpc) is 2.38. The Morgan fingerprint density at radius 1 is 1.33 bits per heavy atom. The van der Waals surface area contributed by atoms with E-state index in [1.54, 1.807) is 0 Å². The van der Waals surface area contributed by atoms with Crippen LogP contribution in [0.3, 0.4) is 0 Å². The topological polar surface area (TPSA) is 46.3 Å². The van der Waals surface area contributed by atoms with Crippen molar-refractivity contribution in [2.75, 3.05) is 23.9 Å². The number of carbonyl (C=O) groups is 1. The molecule has 0 radical (unpaired) electrons. The van der Waals surface area contributed by atoms with Crippen molar-refractivity contribution >= 4 is 23.2 Å². The van der Waals surface area contributed by atoms with Gasteiger partial charge in [-0.05, 0) is 43.0 Å². The van der Waals surface area contributed by atoms with Crippen LogP contribution in [0.25, 0.3) is 0 Å². The number of amides is 1. The van der Waals surface area contributed by atoms with Crippen molar-refractivity contribution in [3.05, 3.63) is 29.3 Å². The first-order valence-electron chi connectivity index (χ1n) is 6.44. The number of rotatable bonds is 5. The Labute approximate surface area is 113 Å². The lowest BCUT2D eigenvalue weighted by molar-refractivity contribution is -0.118. The Balaban J connectivity index is 2.24. The van der Waals surface area contributed by atoms with Gasteiger partial charge in [-0.3, -0.25) is 4.79 Å². The number of aryl methyl sites for hydroxylation is 1. The van der Waals surface area contributed by atoms with E-state index in [4.69, 9.17) is 17.3 Å². The van der Waals surface area contributed by atoms with Crippen LogP contribution in [0.2, 0.25) is 0 Å². The largest absolute Gasteiger partial charge is 0.330 e. The maximum Gasteiger partial charge on any atom is 0.227 e. The minimum Gasteiger partial charge on any atom is -0.330 e. The van der Waals surface area contributed by atoms with Gasteiger partial charge >= 0.3 is 0 Å². The quantitative estimate of drug-likeness (QED) is 0.830. The molecule has 2 rings (SSSR count). The van der Waals surface area contributed by atoms with E-state index >= 15 is 0 Å². The van der Waals surface area contributed by atoms with Crippen LogP contribution in [0.15, 0.2) is 18.2 Å². The standard InChI is InChI=1S/C14H19ClN2O/c15-7-1-9-17-13-4-2-11(6-8-16)10-12(13)3-5-14(17)18/h2,4,10H,1,3,5-9,16H2. The number of fused-ring (bicyclic) bond motifs is 1. The van der Waals surface area contributed by atoms with Gasteiger partial charge in [-0.15, -0.1) is 11.6 Å². The van der Waals surface area contributed by atoms with Gasteiger partial charge in [-0.2, -0.15) is 0 Å². The molecule has 0 saturated carbocycles. The Morgan fingerprint density at radius 2 is 2.17 bits per heavy atom. The molecule has 4 heteroatoms. The molecule has 0 unspecified atom stereocenters. The molecule has 0 aliphatic carbocycles. The minimum atomic E-state index is 0.208. The highest BCUT2D eigenvalue weighted by atomic mass is 35.5. The van der Waals surface area contributed by atoms with Crippen molar-refractivity contribution in [3.63, 3.8) is 0 Å². The van der Waals surface area contributed by atoms with Crippen LogP contribution in [0, 0.1) is 0 Å². The Kier molecular flexibility index (Phi) is 4.61. The molecule has 1 aromatic carbocycles. The van der Waals surface area contributed by atoms with Gasteiger partial charge in [0.05, 0.1) is 0 Å². The number of halogens is 1. The number of benzene rings is 1. The first-order chi connectivity index (χ1) is 8.76. The molecule has 1 aromatic rings. The van der Waals surface area contributed by atoms with E-state index in [-0.39, 0.29) is 5.91 Å². The first kappa shape index (κ1) is 13.4. The molecule has 1 aliphatic heterocycles. The van der Waals surface area contributed by atoms with Gasteiger partial charge < -0.3 is 10.6 Å². The van der Waals surface area contributed by atoms with Gasteiger partial charge in [0.1, 0.15) is 0 Å². The van der Waals surface area contributed by atoms with E-state index in [2.05, 4.69) is 12.1 Å². The van der Waals surface area contributed by atoms with Crippen molar-refractivity contribution in [1.29, 1.82) is 0 Å². The van der Waals surface area contributed by atoms with Crippen LogP contribution in [0.5, 0.6) is 0 Å². The third kappa shape index (κ3) is 2.85. The van der Waals surface area contributed by atoms with Crippen molar-refractivity contribution < 1.29 is 4.79 Å². The van der Waals surface area contributed by atoms with Crippen molar-refractivity contribution in [2.24, 2.45) is 5.73 Å². The Morgan fingerprint density at radius 3 is 2.89 bits per heavy atom. The summed E-state index contributed by atoms with van der Waals surface area (Å²) in [6.45, 7) is 1.37. The van der Waals surface area contributed by atoms with Crippen LogP contribution in [-0.4, -0.2) is 24.9 Å². The highest BCUT2D eigenvalue weighted by molar-refractivity contribution is 6.17. The normalized spacial score (nSPS) is 14.8. The fraction of sp³-hybridized carbons (Fsp3) is 0.500. The molecule has 0 saturated heterocycles. The maximum atomic E-state index is 11.9. The summed E-state index contributed by atoms with van der Waals surface area (Å²) >= 11 is 5.71. The molecule has 0 aromatic heterocycles. The first-order valence-corrected chi connectivity index (χ1v) is 6.98. The molecule has 1 amide bonds. The zero-order valence-electron chi connectivity index (χ0n) is 10.5. The second kappa shape index (κ2) is 6.21. The molecule has 2 N–H and O–H groups in total. The molecule has 1 heterocycles. The zero-order chi connectivity index (χ0) is 13.0. The van der Waals surface area contributed by atoms with Gasteiger partial charge in [0.25, 0.3) is 0 Å². The number of hydrogen-bond acceptors (Lipinski definition) is 2. The van der Waals surface area contributed by atoms with Crippen molar-refractivity contribution in [1.82, 2.24) is 0 Å². The molecule has 0 fully saturated rings. The summed E-state index contributed by atoms with van der Waals surface area (Å²) in [5, 5.41) is 0. The highest BCUT2D eigenvalue weighted by Crippen LogP contribution is 2.29. The average molecular weight is 267 g/mol. The molecule has 0 bridgehead atoms. The minimum absolute atomic E-state index is 0.208. The Bertz CT molecular complexity index is 434. The lowest BCUT2D eigenvalue weighted by atomic mass is 9.97. The second-order valence-corrected chi connectivity index (χ2v) is 4.97. The summed E-state index contributed by atoms with van der Waals surface area (Å²) < 4.78 is 0. The number of alkyl halides is 1. The van der Waals surface area contributed by atoms with E-state index < -0.39 is 0 Å². The number of nitrogens with two attached hydrogens (primary N) is 1. The van der Waals surface area contributed by atoms with Gasteiger partial charge in [-0.1, -0.05) is 12.1 Å². The highest BCUT2D eigenvalue weighted by Gasteiger charge is 2.23. The summed E-state index contributed by atoms with van der Waals surface area (Å²) in [5.74, 6) is 0.795. The molecular weight excluding hydrogens is 248 g/mol. The van der Waals surface area contributed by atoms with E-state index in [9.17, 15) is 4.79 Å². The van der Waals surface area contributed by atoms with Crippen molar-refractivity contribution in [3.8, 4) is 0 Å². The van der Waals surface area contributed by atoms with Gasteiger partial charge in [0, 0.05) is 24.5 Å². The summed E-state index contributed by atoms with van der Waals surface area (Å²) in [6.07, 6.45) is 3.16. The van der Waals surface area contributed by atoms with Crippen LogP contribution < -0.4 is 10.6 Å². The van der Waals surface area contributed by atoms with Crippen LogP contribution in [-0.2, 0) is 17.6 Å². The summed E-state index contributed by atoms with van der Waals surface area (Å²) in [5.41, 5.74) is 9.14. The van der Waals surface area contributed by atoms with E-state index in [1.807, 2.05) is 11.0 Å². The number of nitrogens with zero attached hydrogens (tertiary/aromatic N) is 1. The molecule has 3 nitrogen and oxygen atoms in total. The van der Waals surface area contributed by atoms with Crippen LogP contribution >= 0.6 is 11.6 Å². The summed E-state index contributed by atoms with van der Waals surface area (Å²) in [4.78, 5) is 13.8. The molecule has 18 heavy (non-hydrogen) atoms. The fourth-order valence-electron chi connectivity index (χ4n) is 2.40. The Hall–Kier alpha value is -1.06. The van der Waals surface area contributed by atoms with Gasteiger partial charge in [-0.25, -0.2) is 0 Å². The molecule has 98 valence electrons. The van der Waals surface area contributed by atoms with Crippen molar-refractivity contribution in [2.45, 2.75) is 25.7 Å². The SMILES string of the molecule is NCCc1ccc2c(c1)CCC(=O)N2CCCCl. The summed E-state index contributed by atoms with van der Waals surface area (Å²) in [7, 11) is 0. The number of anilines is 1. The molecular formula is C14H19ClN2O. The third-order valence-corrected chi connectivity index (χ3v) is 3.56. The summed E-state index contributed by atoms with van der Waals surface area (Å²) in [6, 6.07) is 6.30. The maximum absolute atomic E-state index is 11.9. The smallest absolute Gasteiger partial charge is 0.227 e. The lowest BCUT2D eigenvalue weighted by Crippen LogP contribution is -2.36. The number of hydrogen-bond donors (Lipinski definition) is 1. The fourth-order valence-corrected chi connectivity index (χ4v) is 2.52. The molecule has 0 atom stereocenters. The van der Waals surface area contributed by atoms with Gasteiger partial charge in [0.2, 0.25) is 5.91 Å². The lowest BCUT2D eigenvalue weighted by Gasteiger charge is -2.29. The van der Waals surface area contributed by atoms with Gasteiger partial charge in [0.15, 0.2) is 0 Å². The monoisotopic (exact) mass is 266 g/mol. The molecule has 1 aliphatic rings. The third-order valence-electron chi connectivity index (χ3n) is 3.29. The van der Waals surface area contributed by atoms with E-state index in [0.717, 1.165) is 24.9 Å².